The first-order chi connectivity index (χ1) is 14.5. The number of benzene rings is 2. The highest BCUT2D eigenvalue weighted by Gasteiger charge is 2.42. The van der Waals surface area contributed by atoms with Gasteiger partial charge >= 0.3 is 0 Å². The summed E-state index contributed by atoms with van der Waals surface area (Å²) < 4.78 is 20.8. The third-order valence-electron chi connectivity index (χ3n) is 5.58. The van der Waals surface area contributed by atoms with Crippen molar-refractivity contribution in [1.82, 2.24) is 9.55 Å². The van der Waals surface area contributed by atoms with Crippen molar-refractivity contribution in [2.75, 3.05) is 13.2 Å². The molecule has 1 aromatic heterocycles. The zero-order valence-electron chi connectivity index (χ0n) is 18.0. The first kappa shape index (κ1) is 20.6. The smallest absolute Gasteiger partial charge is 0.187 e. The van der Waals surface area contributed by atoms with E-state index in [1.165, 1.54) is 16.7 Å². The van der Waals surface area contributed by atoms with Crippen LogP contribution in [-0.4, -0.2) is 34.7 Å². The van der Waals surface area contributed by atoms with E-state index >= 15 is 0 Å². The monoisotopic (exact) mass is 406 g/mol. The zero-order valence-corrected chi connectivity index (χ0v) is 18.0. The van der Waals surface area contributed by atoms with Crippen molar-refractivity contribution in [3.63, 3.8) is 0 Å². The Morgan fingerprint density at radius 3 is 2.67 bits per heavy atom. The fraction of sp³-hybridized carbons (Fsp3) is 0.400. The van der Waals surface area contributed by atoms with Crippen LogP contribution in [0.15, 0.2) is 61.2 Å². The van der Waals surface area contributed by atoms with E-state index in [9.17, 15) is 0 Å². The van der Waals surface area contributed by atoms with Gasteiger partial charge in [0.05, 0.1) is 19.5 Å². The molecule has 0 radical (unpaired) electrons. The molecule has 2 aromatic carbocycles. The molecule has 1 aliphatic heterocycles. The fourth-order valence-electron chi connectivity index (χ4n) is 3.79. The number of nitrogens with zero attached hydrogens (tertiary/aromatic N) is 2. The molecular weight excluding hydrogens is 376 g/mol. The molecule has 1 saturated heterocycles. The summed E-state index contributed by atoms with van der Waals surface area (Å²) in [6.45, 7) is 7.84. The van der Waals surface area contributed by atoms with Gasteiger partial charge in [-0.15, -0.1) is 0 Å². The minimum Gasteiger partial charge on any atom is -0.491 e. The summed E-state index contributed by atoms with van der Waals surface area (Å²) >= 11 is 0. The summed E-state index contributed by atoms with van der Waals surface area (Å²) in [5, 5.41) is 0. The third-order valence-corrected chi connectivity index (χ3v) is 5.58. The summed E-state index contributed by atoms with van der Waals surface area (Å²) in [7, 11) is 0. The maximum Gasteiger partial charge on any atom is 0.187 e. The third kappa shape index (κ3) is 5.10. The van der Waals surface area contributed by atoms with Crippen LogP contribution in [0.25, 0.3) is 0 Å². The summed E-state index contributed by atoms with van der Waals surface area (Å²) in [5.41, 5.74) is 4.87. The van der Waals surface area contributed by atoms with Crippen molar-refractivity contribution in [3.05, 3.63) is 83.4 Å². The van der Waals surface area contributed by atoms with E-state index in [0.717, 1.165) is 24.2 Å². The van der Waals surface area contributed by atoms with Crippen LogP contribution < -0.4 is 4.74 Å². The molecule has 2 atom stereocenters. The van der Waals surface area contributed by atoms with Gasteiger partial charge in [0.25, 0.3) is 0 Å². The summed E-state index contributed by atoms with van der Waals surface area (Å²) in [6, 6.07) is 14.9. The quantitative estimate of drug-likeness (QED) is 0.547. The molecule has 0 amide bonds. The average molecular weight is 407 g/mol. The number of hydrogen-bond acceptors (Lipinski definition) is 4. The number of hydrogen-bond donors (Lipinski definition) is 0. The minimum atomic E-state index is -0.679. The fourth-order valence-corrected chi connectivity index (χ4v) is 3.79. The van der Waals surface area contributed by atoms with Gasteiger partial charge in [-0.25, -0.2) is 4.98 Å². The largest absolute Gasteiger partial charge is 0.491 e. The highest BCUT2D eigenvalue weighted by molar-refractivity contribution is 5.36. The van der Waals surface area contributed by atoms with Gasteiger partial charge in [0.1, 0.15) is 18.5 Å². The average Bonchev–Trinajstić information content (AvgIpc) is 3.39. The molecule has 5 heteroatoms. The van der Waals surface area contributed by atoms with Gasteiger partial charge in [-0.05, 0) is 49.9 Å². The van der Waals surface area contributed by atoms with Crippen LogP contribution in [0.5, 0.6) is 5.75 Å². The molecule has 5 nitrogen and oxygen atoms in total. The van der Waals surface area contributed by atoms with Gasteiger partial charge in [-0.2, -0.15) is 0 Å². The van der Waals surface area contributed by atoms with Gasteiger partial charge in [0.2, 0.25) is 0 Å². The lowest BCUT2D eigenvalue weighted by atomic mass is 10.0. The number of aryl methyl sites for hydroxylation is 4. The second kappa shape index (κ2) is 9.02. The molecule has 3 aromatic rings. The van der Waals surface area contributed by atoms with E-state index in [1.54, 1.807) is 12.5 Å². The van der Waals surface area contributed by atoms with Crippen molar-refractivity contribution < 1.29 is 14.2 Å². The van der Waals surface area contributed by atoms with Crippen LogP contribution in [0.3, 0.4) is 0 Å². The van der Waals surface area contributed by atoms with Crippen molar-refractivity contribution in [2.24, 2.45) is 0 Å². The van der Waals surface area contributed by atoms with Crippen LogP contribution in [0.2, 0.25) is 0 Å². The van der Waals surface area contributed by atoms with Crippen molar-refractivity contribution in [2.45, 2.75) is 52.0 Å². The normalized spacial score (nSPS) is 21.1. The van der Waals surface area contributed by atoms with E-state index in [1.807, 2.05) is 10.8 Å². The molecule has 158 valence electrons. The summed E-state index contributed by atoms with van der Waals surface area (Å²) in [6.07, 6.45) is 7.09. The van der Waals surface area contributed by atoms with Gasteiger partial charge < -0.3 is 18.8 Å². The Kier molecular flexibility index (Phi) is 6.21. The van der Waals surface area contributed by atoms with Crippen LogP contribution in [0, 0.1) is 20.8 Å². The van der Waals surface area contributed by atoms with Gasteiger partial charge in [0, 0.05) is 18.8 Å². The first-order valence-corrected chi connectivity index (χ1v) is 10.5. The maximum absolute atomic E-state index is 6.46. The predicted octanol–water partition coefficient (Wildman–Crippen LogP) is 4.63. The van der Waals surface area contributed by atoms with Gasteiger partial charge in [0.15, 0.2) is 5.79 Å². The highest BCUT2D eigenvalue weighted by atomic mass is 16.8. The first-order valence-electron chi connectivity index (χ1n) is 10.5. The van der Waals surface area contributed by atoms with Crippen molar-refractivity contribution in [1.29, 1.82) is 0 Å². The number of rotatable bonds is 8. The van der Waals surface area contributed by atoms with Crippen LogP contribution in [-0.2, 0) is 22.4 Å². The second-order valence-electron chi connectivity index (χ2n) is 8.26. The van der Waals surface area contributed by atoms with E-state index in [-0.39, 0.29) is 6.10 Å². The number of ether oxygens (including phenoxy) is 3. The summed E-state index contributed by atoms with van der Waals surface area (Å²) in [4.78, 5) is 4.16. The molecule has 4 rings (SSSR count). The molecule has 0 bridgehead atoms. The van der Waals surface area contributed by atoms with Gasteiger partial charge in [-0.3, -0.25) is 0 Å². The van der Waals surface area contributed by atoms with Crippen LogP contribution >= 0.6 is 0 Å². The van der Waals surface area contributed by atoms with Crippen molar-refractivity contribution >= 4 is 0 Å². The topological polar surface area (TPSA) is 45.5 Å². The lowest BCUT2D eigenvalue weighted by Crippen LogP contribution is -2.37. The van der Waals surface area contributed by atoms with E-state index in [4.69, 9.17) is 14.2 Å². The Bertz CT molecular complexity index is 953. The zero-order chi connectivity index (χ0) is 21.0. The maximum atomic E-state index is 6.46. The SMILES string of the molecule is Cc1ccc(CCC2(Cn3ccnc3)OCC(COc3cc(C)ccc3C)O2)cc1. The molecular formula is C25H30N2O3. The standard InChI is InChI=1S/C25H30N2O3/c1-19-5-8-22(9-6-19)10-11-25(17-27-13-12-26-18-27)29-16-23(30-25)15-28-24-14-20(2)4-7-21(24)3/h4-9,12-14,18,23H,10-11,15-17H2,1-3H3. The minimum absolute atomic E-state index is 0.105. The van der Waals surface area contributed by atoms with Crippen molar-refractivity contribution in [3.8, 4) is 5.75 Å². The molecule has 2 heterocycles. The Labute approximate surface area is 178 Å². The second-order valence-corrected chi connectivity index (χ2v) is 8.26. The summed E-state index contributed by atoms with van der Waals surface area (Å²) in [5.74, 6) is 0.228. The lowest BCUT2D eigenvalue weighted by Gasteiger charge is -2.28. The predicted molar refractivity (Wildman–Crippen MR) is 117 cm³/mol. The van der Waals surface area contributed by atoms with Gasteiger partial charge in [-0.1, -0.05) is 42.0 Å². The molecule has 30 heavy (non-hydrogen) atoms. The molecule has 2 unspecified atom stereocenters. The number of imidazole rings is 1. The number of aromatic nitrogens is 2. The lowest BCUT2D eigenvalue weighted by molar-refractivity contribution is -0.184. The molecule has 0 N–H and O–H groups in total. The molecule has 0 saturated carbocycles. The highest BCUT2D eigenvalue weighted by Crippen LogP contribution is 2.31. The Morgan fingerprint density at radius 1 is 1.10 bits per heavy atom. The van der Waals surface area contributed by atoms with Crippen LogP contribution in [0.4, 0.5) is 0 Å². The van der Waals surface area contributed by atoms with E-state index in [0.29, 0.717) is 19.8 Å². The van der Waals surface area contributed by atoms with E-state index < -0.39 is 5.79 Å². The molecule has 0 aliphatic carbocycles. The van der Waals surface area contributed by atoms with Crippen LogP contribution in [0.1, 0.15) is 28.7 Å². The molecule has 0 spiro atoms. The Hall–Kier alpha value is -2.63. The molecule has 1 aliphatic rings. The molecule has 1 fully saturated rings. The van der Waals surface area contributed by atoms with E-state index in [2.05, 4.69) is 68.2 Å². The Balaban J connectivity index is 1.42. The Morgan fingerprint density at radius 2 is 1.90 bits per heavy atom.